The molecule has 30 heavy (non-hydrogen) atoms. The van der Waals surface area contributed by atoms with Crippen LogP contribution >= 0.6 is 0 Å². The van der Waals surface area contributed by atoms with Crippen molar-refractivity contribution in [1.82, 2.24) is 20.0 Å². The van der Waals surface area contributed by atoms with E-state index in [2.05, 4.69) is 58.1 Å². The van der Waals surface area contributed by atoms with Gasteiger partial charge in [0, 0.05) is 63.1 Å². The summed E-state index contributed by atoms with van der Waals surface area (Å²) < 4.78 is 0. The molecule has 3 heterocycles. The molecule has 3 aliphatic heterocycles. The van der Waals surface area contributed by atoms with Gasteiger partial charge in [0.15, 0.2) is 0 Å². The van der Waals surface area contributed by atoms with Crippen molar-refractivity contribution in [2.24, 2.45) is 0 Å². The number of carbonyl (C=O) groups excluding carboxylic acids is 1. The lowest BCUT2D eigenvalue weighted by atomic mass is 9.97. The molecule has 5 nitrogen and oxygen atoms in total. The van der Waals surface area contributed by atoms with Gasteiger partial charge in [0.1, 0.15) is 0 Å². The molecule has 1 amide bonds. The highest BCUT2D eigenvalue weighted by molar-refractivity contribution is 5.95. The summed E-state index contributed by atoms with van der Waals surface area (Å²) in [6.45, 7) is 12.0. The summed E-state index contributed by atoms with van der Waals surface area (Å²) in [5, 5.41) is 3.39. The first-order valence-electron chi connectivity index (χ1n) is 11.0. The summed E-state index contributed by atoms with van der Waals surface area (Å²) in [7, 11) is 0. The van der Waals surface area contributed by atoms with Crippen LogP contribution in [0.3, 0.4) is 0 Å². The summed E-state index contributed by atoms with van der Waals surface area (Å²) in [6, 6.07) is 17.1. The molecule has 156 valence electrons. The van der Waals surface area contributed by atoms with Gasteiger partial charge in [0.25, 0.3) is 5.91 Å². The minimum Gasteiger partial charge on any atom is -0.369 e. The zero-order valence-electron chi connectivity index (χ0n) is 17.5. The molecule has 2 saturated heterocycles. The molecule has 0 saturated carbocycles. The van der Waals surface area contributed by atoms with Crippen molar-refractivity contribution in [3.05, 3.63) is 77.4 Å². The second-order valence-electron chi connectivity index (χ2n) is 8.61. The smallest absolute Gasteiger partial charge is 0.253 e. The molecule has 2 aromatic rings. The largest absolute Gasteiger partial charge is 0.369 e. The normalized spacial score (nSPS) is 19.9. The Morgan fingerprint density at radius 1 is 0.900 bits per heavy atom. The number of nitrogens with zero attached hydrogens (tertiary/aromatic N) is 3. The lowest BCUT2D eigenvalue weighted by Crippen LogP contribution is -2.64. The van der Waals surface area contributed by atoms with Gasteiger partial charge in [0.05, 0.1) is 0 Å². The second kappa shape index (κ2) is 8.25. The van der Waals surface area contributed by atoms with Crippen molar-refractivity contribution in [3.8, 4) is 0 Å². The van der Waals surface area contributed by atoms with Crippen molar-refractivity contribution in [3.63, 3.8) is 0 Å². The number of hydrogen-bond donors (Lipinski definition) is 1. The predicted molar refractivity (Wildman–Crippen MR) is 120 cm³/mol. The lowest BCUT2D eigenvalue weighted by molar-refractivity contribution is 0.0144. The van der Waals surface area contributed by atoms with Crippen molar-refractivity contribution in [2.75, 3.05) is 45.8 Å². The zero-order valence-corrected chi connectivity index (χ0v) is 17.5. The monoisotopic (exact) mass is 402 g/mol. The van der Waals surface area contributed by atoms with Crippen LogP contribution in [0, 0.1) is 0 Å². The van der Waals surface area contributed by atoms with E-state index in [0.29, 0.717) is 6.04 Å². The average molecular weight is 403 g/mol. The first-order chi connectivity index (χ1) is 14.7. The van der Waals surface area contributed by atoms with Gasteiger partial charge in [-0.3, -0.25) is 9.69 Å². The Hall–Kier alpha value is -2.63. The topological polar surface area (TPSA) is 38.8 Å². The molecule has 5 rings (SSSR count). The maximum atomic E-state index is 12.9. The number of rotatable bonds is 4. The maximum absolute atomic E-state index is 12.9. The van der Waals surface area contributed by atoms with Gasteiger partial charge in [-0.2, -0.15) is 0 Å². The van der Waals surface area contributed by atoms with Gasteiger partial charge in [-0.25, -0.2) is 0 Å². The summed E-state index contributed by atoms with van der Waals surface area (Å²) >= 11 is 0. The first-order valence-corrected chi connectivity index (χ1v) is 11.0. The molecular formula is C25H30N4O. The van der Waals surface area contributed by atoms with Crippen molar-refractivity contribution in [2.45, 2.75) is 19.0 Å². The van der Waals surface area contributed by atoms with E-state index in [1.807, 2.05) is 17.0 Å². The van der Waals surface area contributed by atoms with E-state index in [-0.39, 0.29) is 5.91 Å². The summed E-state index contributed by atoms with van der Waals surface area (Å²) in [4.78, 5) is 19.8. The van der Waals surface area contributed by atoms with Gasteiger partial charge in [-0.05, 0) is 41.8 Å². The number of fused-ring (bicyclic) bond motifs is 1. The van der Waals surface area contributed by atoms with Crippen LogP contribution in [0.2, 0.25) is 0 Å². The van der Waals surface area contributed by atoms with Crippen LogP contribution in [-0.4, -0.2) is 72.5 Å². The number of nitrogens with one attached hydrogen (secondary N) is 1. The lowest BCUT2D eigenvalue weighted by Gasteiger charge is -2.48. The summed E-state index contributed by atoms with van der Waals surface area (Å²) in [6.07, 6.45) is 1.01. The highest BCUT2D eigenvalue weighted by atomic mass is 16.2. The molecule has 0 spiro atoms. The van der Waals surface area contributed by atoms with E-state index in [9.17, 15) is 4.79 Å². The van der Waals surface area contributed by atoms with Gasteiger partial charge < -0.3 is 15.1 Å². The quantitative estimate of drug-likeness (QED) is 0.853. The molecule has 2 aromatic carbocycles. The van der Waals surface area contributed by atoms with Crippen molar-refractivity contribution >= 4 is 11.6 Å². The van der Waals surface area contributed by atoms with Gasteiger partial charge in [0.2, 0.25) is 0 Å². The Balaban J connectivity index is 1.13. The molecule has 0 bridgehead atoms. The van der Waals surface area contributed by atoms with Gasteiger partial charge in [-0.15, -0.1) is 0 Å². The van der Waals surface area contributed by atoms with Crippen LogP contribution in [-0.2, 0) is 13.0 Å². The third-order valence-electron chi connectivity index (χ3n) is 6.81. The number of carbonyl (C=O) groups is 1. The maximum Gasteiger partial charge on any atom is 0.253 e. The molecule has 5 heteroatoms. The highest BCUT2D eigenvalue weighted by Crippen LogP contribution is 2.24. The Kier molecular flexibility index (Phi) is 5.32. The second-order valence-corrected chi connectivity index (χ2v) is 8.61. The molecule has 0 radical (unpaired) electrons. The number of amides is 1. The van der Waals surface area contributed by atoms with Gasteiger partial charge in [-0.1, -0.05) is 43.0 Å². The standard InChI is InChI=1S/C25H30N4O/c1-19(20-5-3-2-4-6-20)27-11-13-28(14-12-27)24-17-29(18-24)25(30)22-7-8-23-16-26-10-9-21(23)15-22/h2-8,15,24,26H,1,9-14,16-18H2. The number of likely N-dealkylation sites (tertiary alicyclic amines) is 1. The fourth-order valence-electron chi connectivity index (χ4n) is 4.82. The number of benzene rings is 2. The van der Waals surface area contributed by atoms with E-state index in [1.165, 1.54) is 16.7 Å². The molecule has 0 atom stereocenters. The highest BCUT2D eigenvalue weighted by Gasteiger charge is 2.36. The SMILES string of the molecule is C=C(c1ccccc1)N1CCN(C2CN(C(=O)c3ccc4c(c3)CCNC4)C2)CC1. The average Bonchev–Trinajstić information content (AvgIpc) is 2.78. The number of piperazine rings is 1. The Labute approximate surface area is 179 Å². The van der Waals surface area contributed by atoms with Crippen LogP contribution < -0.4 is 5.32 Å². The van der Waals surface area contributed by atoms with Crippen LogP contribution in [0.1, 0.15) is 27.0 Å². The molecule has 3 aliphatic rings. The summed E-state index contributed by atoms with van der Waals surface area (Å²) in [5.74, 6) is 0.184. The number of hydrogen-bond acceptors (Lipinski definition) is 4. The Morgan fingerprint density at radius 3 is 2.43 bits per heavy atom. The molecule has 0 unspecified atom stereocenters. The van der Waals surface area contributed by atoms with Crippen molar-refractivity contribution in [1.29, 1.82) is 0 Å². The Bertz CT molecular complexity index is 927. The Morgan fingerprint density at radius 2 is 1.67 bits per heavy atom. The summed E-state index contributed by atoms with van der Waals surface area (Å²) in [5.41, 5.74) is 5.81. The molecule has 1 N–H and O–H groups in total. The van der Waals surface area contributed by atoms with E-state index in [0.717, 1.165) is 70.0 Å². The fourth-order valence-corrected chi connectivity index (χ4v) is 4.82. The van der Waals surface area contributed by atoms with E-state index in [1.54, 1.807) is 0 Å². The molecule has 0 aliphatic carbocycles. The zero-order chi connectivity index (χ0) is 20.5. The molecular weight excluding hydrogens is 372 g/mol. The van der Waals surface area contributed by atoms with Gasteiger partial charge >= 0.3 is 0 Å². The predicted octanol–water partition coefficient (Wildman–Crippen LogP) is 2.45. The third kappa shape index (κ3) is 3.75. The van der Waals surface area contributed by atoms with Crippen LogP contribution in [0.4, 0.5) is 0 Å². The fraction of sp³-hybridized carbons (Fsp3) is 0.400. The van der Waals surface area contributed by atoms with Crippen LogP contribution in [0.15, 0.2) is 55.1 Å². The van der Waals surface area contributed by atoms with Crippen LogP contribution in [0.5, 0.6) is 0 Å². The van der Waals surface area contributed by atoms with Crippen LogP contribution in [0.25, 0.3) is 5.70 Å². The van der Waals surface area contributed by atoms with E-state index >= 15 is 0 Å². The van der Waals surface area contributed by atoms with E-state index < -0.39 is 0 Å². The first kappa shape index (κ1) is 19.3. The molecule has 2 fully saturated rings. The minimum atomic E-state index is 0.184. The molecule has 0 aromatic heterocycles. The minimum absolute atomic E-state index is 0.184. The third-order valence-corrected chi connectivity index (χ3v) is 6.81. The van der Waals surface area contributed by atoms with Crippen molar-refractivity contribution < 1.29 is 4.79 Å². The van der Waals surface area contributed by atoms with E-state index in [4.69, 9.17) is 0 Å².